The van der Waals surface area contributed by atoms with Crippen molar-refractivity contribution in [2.45, 2.75) is 11.4 Å². The van der Waals surface area contributed by atoms with Crippen LogP contribution in [0.15, 0.2) is 34.1 Å². The van der Waals surface area contributed by atoms with Gasteiger partial charge in [0.15, 0.2) is 0 Å². The molecular formula is C12H9NO3S. The van der Waals surface area contributed by atoms with Gasteiger partial charge in [0.25, 0.3) is 0 Å². The number of nitrogens with zero attached hydrogens (tertiary/aromatic N) is 1. The Morgan fingerprint density at radius 3 is 3.00 bits per heavy atom. The summed E-state index contributed by atoms with van der Waals surface area (Å²) in [6.45, 7) is 0.735. The number of thioether (sulfide) groups is 1. The molecule has 1 aromatic heterocycles. The summed E-state index contributed by atoms with van der Waals surface area (Å²) in [4.78, 5) is 24.1. The van der Waals surface area contributed by atoms with E-state index in [4.69, 9.17) is 5.11 Å². The van der Waals surface area contributed by atoms with Crippen molar-refractivity contribution in [3.8, 4) is 0 Å². The van der Waals surface area contributed by atoms with Gasteiger partial charge in [-0.2, -0.15) is 0 Å². The van der Waals surface area contributed by atoms with Crippen molar-refractivity contribution in [3.63, 3.8) is 0 Å². The molecule has 1 N–H and O–H groups in total. The minimum absolute atomic E-state index is 0.151. The van der Waals surface area contributed by atoms with Gasteiger partial charge in [-0.1, -0.05) is 6.07 Å². The van der Waals surface area contributed by atoms with E-state index >= 15 is 0 Å². The number of carbonyl (C=O) groups is 1. The Morgan fingerprint density at radius 2 is 2.24 bits per heavy atom. The van der Waals surface area contributed by atoms with Gasteiger partial charge in [-0.25, -0.2) is 4.79 Å². The Morgan fingerprint density at radius 1 is 1.41 bits per heavy atom. The number of aryl methyl sites for hydroxylation is 1. The van der Waals surface area contributed by atoms with Crippen LogP contribution in [0.2, 0.25) is 0 Å². The maximum Gasteiger partial charge on any atom is 0.341 e. The maximum absolute atomic E-state index is 12.0. The standard InChI is InChI=1S/C12H9NO3S/c14-11-7-2-1-3-9-10(7)13(4-5-17-9)6-8(11)12(15)16/h1-3,6H,4-5H2,(H,15,16). The van der Waals surface area contributed by atoms with Gasteiger partial charge in [0.1, 0.15) is 5.56 Å². The van der Waals surface area contributed by atoms with Crippen LogP contribution in [0.25, 0.3) is 10.9 Å². The van der Waals surface area contributed by atoms with Gasteiger partial charge in [-0.05, 0) is 12.1 Å². The third-order valence-electron chi connectivity index (χ3n) is 2.88. The van der Waals surface area contributed by atoms with E-state index in [1.807, 2.05) is 10.6 Å². The lowest BCUT2D eigenvalue weighted by molar-refractivity contribution is 0.0695. The molecule has 2 aromatic rings. The lowest BCUT2D eigenvalue weighted by atomic mass is 10.1. The lowest BCUT2D eigenvalue weighted by Crippen LogP contribution is -2.21. The molecule has 0 saturated carbocycles. The van der Waals surface area contributed by atoms with Gasteiger partial charge in [0, 0.05) is 28.8 Å². The average Bonchev–Trinajstić information content (AvgIpc) is 2.33. The van der Waals surface area contributed by atoms with Gasteiger partial charge in [-0.3, -0.25) is 4.79 Å². The molecular weight excluding hydrogens is 238 g/mol. The summed E-state index contributed by atoms with van der Waals surface area (Å²) >= 11 is 1.70. The fraction of sp³-hybridized carbons (Fsp3) is 0.167. The molecule has 0 amide bonds. The number of hydrogen-bond acceptors (Lipinski definition) is 3. The van der Waals surface area contributed by atoms with Crippen molar-refractivity contribution < 1.29 is 9.90 Å². The lowest BCUT2D eigenvalue weighted by Gasteiger charge is -2.19. The van der Waals surface area contributed by atoms with Crippen LogP contribution in [-0.4, -0.2) is 21.4 Å². The van der Waals surface area contributed by atoms with E-state index in [1.54, 1.807) is 23.9 Å². The van der Waals surface area contributed by atoms with Crippen molar-refractivity contribution >= 4 is 28.6 Å². The van der Waals surface area contributed by atoms with E-state index in [1.165, 1.54) is 6.20 Å². The first-order chi connectivity index (χ1) is 8.18. The largest absolute Gasteiger partial charge is 0.477 e. The van der Waals surface area contributed by atoms with E-state index in [0.717, 1.165) is 22.7 Å². The summed E-state index contributed by atoms with van der Waals surface area (Å²) < 4.78 is 1.87. The van der Waals surface area contributed by atoms with Gasteiger partial charge in [0.05, 0.1) is 5.52 Å². The first kappa shape index (κ1) is 10.4. The highest BCUT2D eigenvalue weighted by molar-refractivity contribution is 7.99. The van der Waals surface area contributed by atoms with Gasteiger partial charge in [0.2, 0.25) is 5.43 Å². The number of pyridine rings is 1. The highest BCUT2D eigenvalue weighted by atomic mass is 32.2. The highest BCUT2D eigenvalue weighted by Crippen LogP contribution is 2.30. The quantitative estimate of drug-likeness (QED) is 0.834. The maximum atomic E-state index is 12.0. The van der Waals surface area contributed by atoms with Crippen LogP contribution in [0, 0.1) is 0 Å². The van der Waals surface area contributed by atoms with E-state index in [0.29, 0.717) is 5.39 Å². The van der Waals surface area contributed by atoms with Crippen molar-refractivity contribution in [2.24, 2.45) is 0 Å². The first-order valence-electron chi connectivity index (χ1n) is 5.21. The number of carboxylic acids is 1. The van der Waals surface area contributed by atoms with Crippen LogP contribution in [0.4, 0.5) is 0 Å². The number of rotatable bonds is 1. The molecule has 0 unspecified atom stereocenters. The van der Waals surface area contributed by atoms with Crippen LogP contribution < -0.4 is 5.43 Å². The molecule has 0 fully saturated rings. The Bertz CT molecular complexity index is 690. The van der Waals surface area contributed by atoms with Gasteiger partial charge >= 0.3 is 5.97 Å². The summed E-state index contributed by atoms with van der Waals surface area (Å²) in [7, 11) is 0. The van der Waals surface area contributed by atoms with Crippen LogP contribution in [0.1, 0.15) is 10.4 Å². The Kier molecular flexibility index (Phi) is 2.22. The molecule has 86 valence electrons. The Labute approximate surface area is 101 Å². The molecule has 1 aromatic carbocycles. The molecule has 1 aliphatic rings. The summed E-state index contributed by atoms with van der Waals surface area (Å²) in [5.41, 5.74) is 0.313. The fourth-order valence-corrected chi connectivity index (χ4v) is 3.17. The molecule has 4 nitrogen and oxygen atoms in total. The van der Waals surface area contributed by atoms with Crippen LogP contribution in [0.3, 0.4) is 0 Å². The molecule has 0 radical (unpaired) electrons. The number of aromatic nitrogens is 1. The molecule has 2 heterocycles. The molecule has 0 atom stereocenters. The molecule has 5 heteroatoms. The number of para-hydroxylation sites is 1. The SMILES string of the molecule is O=C(O)c1cn2c3c(cccc3c1=O)SCC2. The van der Waals surface area contributed by atoms with Crippen molar-refractivity contribution in [3.05, 3.63) is 40.2 Å². The Balaban J connectivity index is 2.51. The third kappa shape index (κ3) is 1.46. The molecule has 0 saturated heterocycles. The zero-order valence-electron chi connectivity index (χ0n) is 8.84. The van der Waals surface area contributed by atoms with Crippen LogP contribution in [0.5, 0.6) is 0 Å². The van der Waals surface area contributed by atoms with Crippen LogP contribution in [-0.2, 0) is 6.54 Å². The second-order valence-corrected chi connectivity index (χ2v) is 5.01. The van der Waals surface area contributed by atoms with E-state index in [9.17, 15) is 9.59 Å². The normalized spacial score (nSPS) is 13.9. The van der Waals surface area contributed by atoms with Crippen molar-refractivity contribution in [1.82, 2.24) is 4.57 Å². The minimum atomic E-state index is -1.16. The second kappa shape index (κ2) is 3.63. The minimum Gasteiger partial charge on any atom is -0.477 e. The second-order valence-electron chi connectivity index (χ2n) is 3.87. The van der Waals surface area contributed by atoms with Gasteiger partial charge in [-0.15, -0.1) is 11.8 Å². The zero-order chi connectivity index (χ0) is 12.0. The van der Waals surface area contributed by atoms with Crippen molar-refractivity contribution in [2.75, 3.05) is 5.75 Å². The molecule has 0 spiro atoms. The summed E-state index contributed by atoms with van der Waals surface area (Å²) in [5, 5.41) is 9.51. The van der Waals surface area contributed by atoms with E-state index < -0.39 is 11.4 Å². The summed E-state index contributed by atoms with van der Waals surface area (Å²) in [6, 6.07) is 5.45. The number of aromatic carboxylic acids is 1. The van der Waals surface area contributed by atoms with E-state index in [2.05, 4.69) is 0 Å². The Hall–Kier alpha value is -1.75. The summed E-state index contributed by atoms with van der Waals surface area (Å²) in [6.07, 6.45) is 1.45. The zero-order valence-corrected chi connectivity index (χ0v) is 9.66. The predicted molar refractivity (Wildman–Crippen MR) is 65.9 cm³/mol. The fourth-order valence-electron chi connectivity index (χ4n) is 2.13. The monoisotopic (exact) mass is 247 g/mol. The number of hydrogen-bond donors (Lipinski definition) is 1. The molecule has 3 rings (SSSR count). The molecule has 17 heavy (non-hydrogen) atoms. The number of benzene rings is 1. The molecule has 0 aliphatic carbocycles. The highest BCUT2D eigenvalue weighted by Gasteiger charge is 2.18. The van der Waals surface area contributed by atoms with Gasteiger partial charge < -0.3 is 9.67 Å². The third-order valence-corrected chi connectivity index (χ3v) is 3.91. The number of carboxylic acid groups (broad SMARTS) is 1. The predicted octanol–water partition coefficient (Wildman–Crippen LogP) is 1.81. The average molecular weight is 247 g/mol. The summed E-state index contributed by atoms with van der Waals surface area (Å²) in [5.74, 6) is -0.266. The van der Waals surface area contributed by atoms with Crippen molar-refractivity contribution in [1.29, 1.82) is 0 Å². The van der Waals surface area contributed by atoms with E-state index in [-0.39, 0.29) is 5.56 Å². The topological polar surface area (TPSA) is 59.3 Å². The smallest absolute Gasteiger partial charge is 0.341 e. The van der Waals surface area contributed by atoms with Crippen LogP contribution >= 0.6 is 11.8 Å². The first-order valence-corrected chi connectivity index (χ1v) is 6.19. The molecule has 0 bridgehead atoms. The molecule has 1 aliphatic heterocycles.